The van der Waals surface area contributed by atoms with E-state index in [0.717, 1.165) is 0 Å². The standard InChI is InChI=1S/C4H3F6O/c1-11-2(5)3(6,7)4(8,9)10/h2H,1H2. The van der Waals surface area contributed by atoms with Crippen LogP contribution in [0.4, 0.5) is 26.3 Å². The topological polar surface area (TPSA) is 9.23 Å². The third kappa shape index (κ3) is 1.98. The van der Waals surface area contributed by atoms with E-state index in [1.54, 1.807) is 0 Å². The van der Waals surface area contributed by atoms with Crippen molar-refractivity contribution in [3.8, 4) is 0 Å². The molecular weight excluding hydrogens is 178 g/mol. The van der Waals surface area contributed by atoms with Crippen molar-refractivity contribution >= 4 is 0 Å². The van der Waals surface area contributed by atoms with E-state index in [9.17, 15) is 26.3 Å². The van der Waals surface area contributed by atoms with E-state index in [1.807, 2.05) is 0 Å². The summed E-state index contributed by atoms with van der Waals surface area (Å²) in [7, 11) is 2.11. The van der Waals surface area contributed by atoms with Gasteiger partial charge in [0.25, 0.3) is 6.36 Å². The van der Waals surface area contributed by atoms with Gasteiger partial charge in [0.2, 0.25) is 0 Å². The van der Waals surface area contributed by atoms with Crippen LogP contribution in [-0.2, 0) is 4.74 Å². The number of hydrogen-bond donors (Lipinski definition) is 0. The van der Waals surface area contributed by atoms with E-state index in [-0.39, 0.29) is 0 Å². The maximum atomic E-state index is 11.7. The van der Waals surface area contributed by atoms with Crippen molar-refractivity contribution in [2.24, 2.45) is 0 Å². The number of rotatable bonds is 2. The Labute approximate surface area is 57.9 Å². The molecule has 1 nitrogen and oxygen atoms in total. The van der Waals surface area contributed by atoms with Crippen LogP contribution in [0.5, 0.6) is 0 Å². The lowest BCUT2D eigenvalue weighted by Gasteiger charge is -2.21. The number of ether oxygens (including phenoxy) is 1. The van der Waals surface area contributed by atoms with Gasteiger partial charge in [-0.1, -0.05) is 0 Å². The van der Waals surface area contributed by atoms with Gasteiger partial charge >= 0.3 is 12.1 Å². The van der Waals surface area contributed by atoms with Crippen LogP contribution in [0.25, 0.3) is 0 Å². The minimum absolute atomic E-state index is 2.11. The average Bonchev–Trinajstić information content (AvgIpc) is 1.83. The molecule has 0 saturated carbocycles. The second-order valence-corrected chi connectivity index (χ2v) is 1.60. The van der Waals surface area contributed by atoms with Crippen LogP contribution >= 0.6 is 0 Å². The van der Waals surface area contributed by atoms with Gasteiger partial charge in [-0.25, -0.2) is 4.39 Å². The Morgan fingerprint density at radius 1 is 1.09 bits per heavy atom. The molecule has 0 aromatic carbocycles. The van der Waals surface area contributed by atoms with Gasteiger partial charge in [0.05, 0.1) is 7.11 Å². The molecule has 7 heteroatoms. The van der Waals surface area contributed by atoms with Gasteiger partial charge in [0.15, 0.2) is 0 Å². The Morgan fingerprint density at radius 3 is 1.55 bits per heavy atom. The highest BCUT2D eigenvalue weighted by Crippen LogP contribution is 2.39. The van der Waals surface area contributed by atoms with E-state index in [1.165, 1.54) is 0 Å². The van der Waals surface area contributed by atoms with Crippen LogP contribution in [0.2, 0.25) is 0 Å². The second kappa shape index (κ2) is 2.88. The zero-order chi connectivity index (χ0) is 9.28. The van der Waals surface area contributed by atoms with Gasteiger partial charge in [-0.3, -0.25) is 0 Å². The summed E-state index contributed by atoms with van der Waals surface area (Å²) in [4.78, 5) is 0. The molecule has 0 rings (SSSR count). The van der Waals surface area contributed by atoms with E-state index in [2.05, 4.69) is 11.8 Å². The minimum atomic E-state index is -5.95. The Hall–Kier alpha value is -0.460. The smallest absolute Gasteiger partial charge is 0.341 e. The summed E-state index contributed by atoms with van der Waals surface area (Å²) >= 11 is 0. The van der Waals surface area contributed by atoms with Gasteiger partial charge in [-0.15, -0.1) is 0 Å². The second-order valence-electron chi connectivity index (χ2n) is 1.60. The molecule has 0 aliphatic carbocycles. The van der Waals surface area contributed by atoms with Crippen molar-refractivity contribution in [2.45, 2.75) is 18.5 Å². The summed E-state index contributed by atoms with van der Waals surface area (Å²) < 4.78 is 71.4. The molecule has 0 spiro atoms. The van der Waals surface area contributed by atoms with Gasteiger partial charge < -0.3 is 4.74 Å². The fourth-order valence-corrected chi connectivity index (χ4v) is 0.233. The van der Waals surface area contributed by atoms with Crippen LogP contribution in [0.15, 0.2) is 0 Å². The van der Waals surface area contributed by atoms with Crippen molar-refractivity contribution in [1.29, 1.82) is 0 Å². The Balaban J connectivity index is 4.45. The third-order valence-electron chi connectivity index (χ3n) is 0.809. The lowest BCUT2D eigenvalue weighted by atomic mass is 10.3. The highest BCUT2D eigenvalue weighted by molar-refractivity contribution is 4.78. The van der Waals surface area contributed by atoms with E-state index < -0.39 is 18.5 Å². The van der Waals surface area contributed by atoms with Crippen molar-refractivity contribution in [3.05, 3.63) is 7.11 Å². The molecule has 11 heavy (non-hydrogen) atoms. The molecule has 0 heterocycles. The molecule has 0 amide bonds. The molecule has 0 N–H and O–H groups in total. The van der Waals surface area contributed by atoms with Crippen LogP contribution in [0, 0.1) is 7.11 Å². The third-order valence-corrected chi connectivity index (χ3v) is 0.809. The molecule has 1 atom stereocenters. The van der Waals surface area contributed by atoms with E-state index in [4.69, 9.17) is 0 Å². The summed E-state index contributed by atoms with van der Waals surface area (Å²) in [6, 6.07) is 0. The summed E-state index contributed by atoms with van der Waals surface area (Å²) in [5, 5.41) is 0. The summed E-state index contributed by atoms with van der Waals surface area (Å²) in [6.07, 6.45) is -9.72. The Bertz CT molecular complexity index is 129. The minimum Gasteiger partial charge on any atom is -0.341 e. The number of hydrogen-bond acceptors (Lipinski definition) is 1. The predicted molar refractivity (Wildman–Crippen MR) is 22.3 cm³/mol. The molecule has 1 unspecified atom stereocenters. The maximum Gasteiger partial charge on any atom is 0.459 e. The SMILES string of the molecule is [CH2]OC(F)C(F)(F)C(F)(F)F. The molecule has 0 aromatic heterocycles. The van der Waals surface area contributed by atoms with Gasteiger partial charge in [-0.2, -0.15) is 22.0 Å². The Morgan fingerprint density at radius 2 is 1.45 bits per heavy atom. The number of halogens is 6. The van der Waals surface area contributed by atoms with E-state index in [0.29, 0.717) is 0 Å². The first-order chi connectivity index (χ1) is 4.73. The van der Waals surface area contributed by atoms with Crippen molar-refractivity contribution in [3.63, 3.8) is 0 Å². The molecular formula is C4H3F6O. The van der Waals surface area contributed by atoms with Crippen LogP contribution in [0.3, 0.4) is 0 Å². The first-order valence-corrected chi connectivity index (χ1v) is 2.23. The Kier molecular flexibility index (Phi) is 2.76. The van der Waals surface area contributed by atoms with Gasteiger partial charge in [0.1, 0.15) is 0 Å². The molecule has 0 aliphatic rings. The molecule has 0 saturated heterocycles. The fourth-order valence-electron chi connectivity index (χ4n) is 0.233. The lowest BCUT2D eigenvalue weighted by molar-refractivity contribution is -0.334. The molecule has 1 radical (unpaired) electrons. The highest BCUT2D eigenvalue weighted by Gasteiger charge is 2.64. The largest absolute Gasteiger partial charge is 0.459 e. The molecule has 67 valence electrons. The zero-order valence-corrected chi connectivity index (χ0v) is 4.96. The monoisotopic (exact) mass is 181 g/mol. The number of alkyl halides is 6. The molecule has 0 fully saturated rings. The molecule has 0 aliphatic heterocycles. The fraction of sp³-hybridized carbons (Fsp3) is 0.750. The van der Waals surface area contributed by atoms with Crippen molar-refractivity contribution < 1.29 is 31.1 Å². The van der Waals surface area contributed by atoms with Crippen LogP contribution in [0.1, 0.15) is 0 Å². The van der Waals surface area contributed by atoms with Crippen molar-refractivity contribution in [2.75, 3.05) is 0 Å². The van der Waals surface area contributed by atoms with Crippen LogP contribution in [-0.4, -0.2) is 18.5 Å². The van der Waals surface area contributed by atoms with E-state index >= 15 is 0 Å². The molecule has 0 bridgehead atoms. The summed E-state index contributed by atoms with van der Waals surface area (Å²) in [5.74, 6) is -5.51. The summed E-state index contributed by atoms with van der Waals surface area (Å²) in [6.45, 7) is 0. The predicted octanol–water partition coefficient (Wildman–Crippen LogP) is 2.29. The first kappa shape index (κ1) is 10.5. The normalized spacial score (nSPS) is 16.6. The average molecular weight is 181 g/mol. The first-order valence-electron chi connectivity index (χ1n) is 2.23. The van der Waals surface area contributed by atoms with Crippen molar-refractivity contribution in [1.82, 2.24) is 0 Å². The van der Waals surface area contributed by atoms with Gasteiger partial charge in [0, 0.05) is 0 Å². The van der Waals surface area contributed by atoms with Gasteiger partial charge in [-0.05, 0) is 0 Å². The van der Waals surface area contributed by atoms with Crippen LogP contribution < -0.4 is 0 Å². The zero-order valence-electron chi connectivity index (χ0n) is 4.96. The molecule has 0 aromatic rings. The lowest BCUT2D eigenvalue weighted by Crippen LogP contribution is -2.45. The quantitative estimate of drug-likeness (QED) is 0.594. The highest BCUT2D eigenvalue weighted by atomic mass is 19.4. The maximum absolute atomic E-state index is 11.7. The summed E-state index contributed by atoms with van der Waals surface area (Å²) in [5.41, 5.74) is 0.